The summed E-state index contributed by atoms with van der Waals surface area (Å²) in [7, 11) is 0. The van der Waals surface area contributed by atoms with Gasteiger partial charge in [-0.2, -0.15) is 0 Å². The van der Waals surface area contributed by atoms with Crippen LogP contribution >= 0.6 is 23.2 Å². The van der Waals surface area contributed by atoms with E-state index in [1.807, 2.05) is 32.0 Å². The normalized spacial score (nSPS) is 18.5. The molecule has 4 nitrogen and oxygen atoms in total. The molecular weight excluding hydrogens is 359 g/mol. The van der Waals surface area contributed by atoms with Crippen LogP contribution in [0.25, 0.3) is 0 Å². The molecule has 0 saturated carbocycles. The van der Waals surface area contributed by atoms with Crippen LogP contribution in [0.3, 0.4) is 0 Å². The van der Waals surface area contributed by atoms with E-state index >= 15 is 0 Å². The van der Waals surface area contributed by atoms with E-state index < -0.39 is 0 Å². The fourth-order valence-electron chi connectivity index (χ4n) is 3.07. The van der Waals surface area contributed by atoms with Gasteiger partial charge in [-0.25, -0.2) is 0 Å². The Morgan fingerprint density at radius 2 is 2.08 bits per heavy atom. The van der Waals surface area contributed by atoms with Gasteiger partial charge < -0.3 is 10.1 Å². The minimum absolute atomic E-state index is 0.0287. The molecule has 1 fully saturated rings. The maximum atomic E-state index is 12.4. The van der Waals surface area contributed by atoms with E-state index in [9.17, 15) is 4.79 Å². The van der Waals surface area contributed by atoms with Gasteiger partial charge in [0.15, 0.2) is 0 Å². The van der Waals surface area contributed by atoms with Gasteiger partial charge in [0.2, 0.25) is 5.91 Å². The highest BCUT2D eigenvalue weighted by Crippen LogP contribution is 2.27. The Balaban J connectivity index is 1.79. The van der Waals surface area contributed by atoms with Gasteiger partial charge in [0.1, 0.15) is 0 Å². The third-order valence-corrected chi connectivity index (χ3v) is 5.10. The third-order valence-electron chi connectivity index (χ3n) is 4.39. The van der Waals surface area contributed by atoms with Crippen LogP contribution in [-0.2, 0) is 16.1 Å². The predicted molar refractivity (Wildman–Crippen MR) is 103 cm³/mol. The Hall–Kier alpha value is -0.810. The van der Waals surface area contributed by atoms with E-state index in [0.717, 1.165) is 37.9 Å². The molecule has 0 radical (unpaired) electrons. The van der Waals surface area contributed by atoms with Gasteiger partial charge in [-0.1, -0.05) is 29.3 Å². The Labute approximate surface area is 160 Å². The summed E-state index contributed by atoms with van der Waals surface area (Å²) < 4.78 is 5.49. The lowest BCUT2D eigenvalue weighted by molar-refractivity contribution is -0.126. The summed E-state index contributed by atoms with van der Waals surface area (Å²) in [5.74, 6) is 0.167. The molecule has 0 aromatic heterocycles. The molecule has 1 amide bonds. The van der Waals surface area contributed by atoms with Gasteiger partial charge in [-0.3, -0.25) is 9.69 Å². The molecule has 0 bridgehead atoms. The lowest BCUT2D eigenvalue weighted by Gasteiger charge is -2.32. The molecule has 1 aromatic rings. The Kier molecular flexibility index (Phi) is 8.50. The predicted octanol–water partition coefficient (Wildman–Crippen LogP) is 4.14. The molecule has 1 saturated heterocycles. The van der Waals surface area contributed by atoms with Gasteiger partial charge >= 0.3 is 0 Å². The van der Waals surface area contributed by atoms with Crippen molar-refractivity contribution >= 4 is 29.1 Å². The lowest BCUT2D eigenvalue weighted by Crippen LogP contribution is -2.43. The maximum Gasteiger partial charge on any atom is 0.224 e. The zero-order valence-corrected chi connectivity index (χ0v) is 16.6. The number of piperidine rings is 1. The summed E-state index contributed by atoms with van der Waals surface area (Å²) in [5, 5.41) is 4.40. The largest absolute Gasteiger partial charge is 0.379 e. The number of likely N-dealkylation sites (tertiary alicyclic amines) is 1. The van der Waals surface area contributed by atoms with Crippen LogP contribution in [0.4, 0.5) is 0 Å². The average Bonchev–Trinajstić information content (AvgIpc) is 2.58. The number of nitrogens with one attached hydrogen (secondary N) is 1. The van der Waals surface area contributed by atoms with Crippen molar-refractivity contribution in [2.24, 2.45) is 5.92 Å². The van der Waals surface area contributed by atoms with Gasteiger partial charge in [0, 0.05) is 41.8 Å². The van der Waals surface area contributed by atoms with Crippen molar-refractivity contribution < 1.29 is 9.53 Å². The van der Waals surface area contributed by atoms with Crippen LogP contribution < -0.4 is 5.32 Å². The highest BCUT2D eigenvalue weighted by Gasteiger charge is 2.26. The first-order valence-electron chi connectivity index (χ1n) is 9.02. The first-order chi connectivity index (χ1) is 12.0. The van der Waals surface area contributed by atoms with Gasteiger partial charge in [-0.15, -0.1) is 0 Å². The van der Waals surface area contributed by atoms with E-state index in [2.05, 4.69) is 10.2 Å². The number of carbonyl (C=O) groups is 1. The van der Waals surface area contributed by atoms with E-state index in [4.69, 9.17) is 27.9 Å². The second-order valence-electron chi connectivity index (χ2n) is 6.84. The minimum atomic E-state index is 0.0287. The monoisotopic (exact) mass is 386 g/mol. The average molecular weight is 387 g/mol. The van der Waals surface area contributed by atoms with E-state index in [1.165, 1.54) is 0 Å². The number of rotatable bonds is 8. The second kappa shape index (κ2) is 10.4. The highest BCUT2D eigenvalue weighted by atomic mass is 35.5. The standard InChI is InChI=1S/C19H28Cl2N2O2/c1-14(2)25-11-5-9-22-19(24)15-6-4-10-23(12-15)13-16-17(20)7-3-8-18(16)21/h3,7-8,14-15H,4-6,9-13H2,1-2H3,(H,22,24)/t15-/m1/s1. The Bertz CT molecular complexity index is 546. The number of amides is 1. The number of nitrogens with zero attached hydrogens (tertiary/aromatic N) is 1. The number of halogens is 2. The molecule has 1 aromatic carbocycles. The molecule has 1 heterocycles. The molecule has 0 unspecified atom stereocenters. The summed E-state index contributed by atoms with van der Waals surface area (Å²) >= 11 is 12.5. The van der Waals surface area contributed by atoms with E-state index in [1.54, 1.807) is 0 Å². The Morgan fingerprint density at radius 1 is 1.36 bits per heavy atom. The summed E-state index contributed by atoms with van der Waals surface area (Å²) in [6.45, 7) is 7.77. The van der Waals surface area contributed by atoms with Gasteiger partial charge in [-0.05, 0) is 51.8 Å². The van der Waals surface area contributed by atoms with Crippen LogP contribution in [-0.4, -0.2) is 43.2 Å². The first-order valence-corrected chi connectivity index (χ1v) is 9.77. The number of ether oxygens (including phenoxy) is 1. The first kappa shape index (κ1) is 20.5. The number of carbonyl (C=O) groups excluding carboxylic acids is 1. The fourth-order valence-corrected chi connectivity index (χ4v) is 3.58. The maximum absolute atomic E-state index is 12.4. The third kappa shape index (κ3) is 6.78. The lowest BCUT2D eigenvalue weighted by atomic mass is 9.96. The SMILES string of the molecule is CC(C)OCCCNC(=O)[C@@H]1CCCN(Cc2c(Cl)cccc2Cl)C1. The highest BCUT2D eigenvalue weighted by molar-refractivity contribution is 6.35. The molecule has 1 N–H and O–H groups in total. The number of benzene rings is 1. The van der Waals surface area contributed by atoms with Crippen LogP contribution in [0.2, 0.25) is 10.0 Å². The van der Waals surface area contributed by atoms with Crippen LogP contribution in [0, 0.1) is 5.92 Å². The molecule has 0 spiro atoms. The molecule has 1 atom stereocenters. The summed E-state index contributed by atoms with van der Waals surface area (Å²) in [4.78, 5) is 14.7. The van der Waals surface area contributed by atoms with Crippen LogP contribution in [0.1, 0.15) is 38.7 Å². The number of hydrogen-bond acceptors (Lipinski definition) is 3. The number of hydrogen-bond donors (Lipinski definition) is 1. The fraction of sp³-hybridized carbons (Fsp3) is 0.632. The van der Waals surface area contributed by atoms with E-state index in [0.29, 0.717) is 29.7 Å². The van der Waals surface area contributed by atoms with Crippen molar-refractivity contribution in [3.8, 4) is 0 Å². The van der Waals surface area contributed by atoms with Crippen molar-refractivity contribution in [3.05, 3.63) is 33.8 Å². The molecule has 140 valence electrons. The molecule has 1 aliphatic rings. The molecule has 2 rings (SSSR count). The van der Waals surface area contributed by atoms with Crippen molar-refractivity contribution in [1.29, 1.82) is 0 Å². The summed E-state index contributed by atoms with van der Waals surface area (Å²) in [6, 6.07) is 5.57. The summed E-state index contributed by atoms with van der Waals surface area (Å²) in [5.41, 5.74) is 0.942. The molecule has 0 aliphatic carbocycles. The van der Waals surface area contributed by atoms with Crippen molar-refractivity contribution in [3.63, 3.8) is 0 Å². The Morgan fingerprint density at radius 3 is 2.76 bits per heavy atom. The quantitative estimate of drug-likeness (QED) is 0.682. The zero-order chi connectivity index (χ0) is 18.2. The smallest absolute Gasteiger partial charge is 0.224 e. The van der Waals surface area contributed by atoms with Crippen LogP contribution in [0.5, 0.6) is 0 Å². The van der Waals surface area contributed by atoms with Gasteiger partial charge in [0.05, 0.1) is 12.0 Å². The van der Waals surface area contributed by atoms with Gasteiger partial charge in [0.25, 0.3) is 0 Å². The topological polar surface area (TPSA) is 41.6 Å². The second-order valence-corrected chi connectivity index (χ2v) is 7.65. The van der Waals surface area contributed by atoms with Crippen LogP contribution in [0.15, 0.2) is 18.2 Å². The van der Waals surface area contributed by atoms with E-state index in [-0.39, 0.29) is 17.9 Å². The van der Waals surface area contributed by atoms with Crippen molar-refractivity contribution in [1.82, 2.24) is 10.2 Å². The van der Waals surface area contributed by atoms with Crippen molar-refractivity contribution in [2.75, 3.05) is 26.2 Å². The minimum Gasteiger partial charge on any atom is -0.379 e. The summed E-state index contributed by atoms with van der Waals surface area (Å²) in [6.07, 6.45) is 3.02. The van der Waals surface area contributed by atoms with Crippen molar-refractivity contribution in [2.45, 2.75) is 45.8 Å². The molecular formula is C19H28Cl2N2O2. The zero-order valence-electron chi connectivity index (χ0n) is 15.1. The molecule has 6 heteroatoms. The molecule has 25 heavy (non-hydrogen) atoms. The molecule has 1 aliphatic heterocycles.